The summed E-state index contributed by atoms with van der Waals surface area (Å²) in [6, 6.07) is 4.91. The molecule has 2 aromatic heterocycles. The highest BCUT2D eigenvalue weighted by Crippen LogP contribution is 2.13. The van der Waals surface area contributed by atoms with Crippen molar-refractivity contribution in [1.29, 1.82) is 0 Å². The molecule has 0 aromatic carbocycles. The molecule has 6 heteroatoms. The number of aromatic nitrogens is 1. The number of aromatic amines is 1. The largest absolute Gasteiger partial charge is 0.384 e. The molecule has 1 amide bonds. The second-order valence-electron chi connectivity index (χ2n) is 3.86. The summed E-state index contributed by atoms with van der Waals surface area (Å²) in [6.45, 7) is 0.150. The van der Waals surface area contributed by atoms with E-state index in [1.54, 1.807) is 6.07 Å². The van der Waals surface area contributed by atoms with Gasteiger partial charge in [-0.15, -0.1) is 11.3 Å². The SMILES string of the molecule is O=C(NCc1cc(C#CCO)cs1)c1ccc[nH]c1=O. The smallest absolute Gasteiger partial charge is 0.260 e. The lowest BCUT2D eigenvalue weighted by molar-refractivity contribution is 0.0950. The summed E-state index contributed by atoms with van der Waals surface area (Å²) in [5.74, 6) is 4.93. The van der Waals surface area contributed by atoms with Crippen LogP contribution in [0.25, 0.3) is 0 Å². The Morgan fingerprint density at radius 1 is 1.50 bits per heavy atom. The van der Waals surface area contributed by atoms with Crippen LogP contribution < -0.4 is 10.9 Å². The predicted molar refractivity (Wildman–Crippen MR) is 76.5 cm³/mol. The van der Waals surface area contributed by atoms with Gasteiger partial charge >= 0.3 is 0 Å². The molecule has 102 valence electrons. The number of pyridine rings is 1. The van der Waals surface area contributed by atoms with Crippen LogP contribution in [0.5, 0.6) is 0 Å². The Morgan fingerprint density at radius 2 is 2.35 bits per heavy atom. The highest BCUT2D eigenvalue weighted by Gasteiger charge is 2.09. The average Bonchev–Trinajstić information content (AvgIpc) is 2.91. The first kappa shape index (κ1) is 14.1. The molecule has 3 N–H and O–H groups in total. The number of rotatable bonds is 3. The molecule has 0 aliphatic carbocycles. The Labute approximate surface area is 119 Å². The lowest BCUT2D eigenvalue weighted by Crippen LogP contribution is -2.28. The van der Waals surface area contributed by atoms with Crippen LogP contribution in [0.3, 0.4) is 0 Å². The normalized spacial score (nSPS) is 9.65. The van der Waals surface area contributed by atoms with Crippen molar-refractivity contribution in [3.63, 3.8) is 0 Å². The van der Waals surface area contributed by atoms with Crippen molar-refractivity contribution in [2.24, 2.45) is 0 Å². The molecule has 0 atom stereocenters. The van der Waals surface area contributed by atoms with Crippen LogP contribution in [-0.4, -0.2) is 22.6 Å². The quantitative estimate of drug-likeness (QED) is 0.728. The molecule has 20 heavy (non-hydrogen) atoms. The molecule has 2 rings (SSSR count). The van der Waals surface area contributed by atoms with Gasteiger partial charge in [0.05, 0.1) is 6.54 Å². The van der Waals surface area contributed by atoms with E-state index in [-0.39, 0.29) is 12.2 Å². The summed E-state index contributed by atoms with van der Waals surface area (Å²) >= 11 is 1.46. The van der Waals surface area contributed by atoms with E-state index >= 15 is 0 Å². The van der Waals surface area contributed by atoms with E-state index in [2.05, 4.69) is 22.1 Å². The summed E-state index contributed by atoms with van der Waals surface area (Å²) in [5.41, 5.74) is 0.473. The summed E-state index contributed by atoms with van der Waals surface area (Å²) in [5, 5.41) is 13.1. The third-order valence-electron chi connectivity index (χ3n) is 2.45. The number of amides is 1. The fourth-order valence-electron chi connectivity index (χ4n) is 1.54. The van der Waals surface area contributed by atoms with Crippen molar-refractivity contribution in [2.75, 3.05) is 6.61 Å². The zero-order valence-corrected chi connectivity index (χ0v) is 11.3. The van der Waals surface area contributed by atoms with Crippen molar-refractivity contribution < 1.29 is 9.90 Å². The van der Waals surface area contributed by atoms with Crippen LogP contribution in [0.1, 0.15) is 20.8 Å². The van der Waals surface area contributed by atoms with E-state index in [4.69, 9.17) is 5.11 Å². The topological polar surface area (TPSA) is 82.2 Å². The summed E-state index contributed by atoms with van der Waals surface area (Å²) in [6.07, 6.45) is 1.48. The zero-order chi connectivity index (χ0) is 14.4. The Kier molecular flexibility index (Phi) is 4.71. The fraction of sp³-hybridized carbons (Fsp3) is 0.143. The molecule has 0 unspecified atom stereocenters. The maximum absolute atomic E-state index is 11.8. The van der Waals surface area contributed by atoms with Crippen molar-refractivity contribution >= 4 is 17.2 Å². The fourth-order valence-corrected chi connectivity index (χ4v) is 2.30. The number of carbonyl (C=O) groups is 1. The van der Waals surface area contributed by atoms with Gasteiger partial charge in [0.1, 0.15) is 12.2 Å². The van der Waals surface area contributed by atoms with E-state index in [1.165, 1.54) is 23.6 Å². The number of thiophene rings is 1. The Balaban J connectivity index is 1.99. The molecular weight excluding hydrogens is 276 g/mol. The van der Waals surface area contributed by atoms with Gasteiger partial charge in [-0.25, -0.2) is 0 Å². The van der Waals surface area contributed by atoms with Gasteiger partial charge in [-0.2, -0.15) is 0 Å². The molecule has 2 aromatic rings. The molecule has 0 spiro atoms. The van der Waals surface area contributed by atoms with E-state index < -0.39 is 11.5 Å². The number of carbonyl (C=O) groups excluding carboxylic acids is 1. The third-order valence-corrected chi connectivity index (χ3v) is 3.39. The van der Waals surface area contributed by atoms with Gasteiger partial charge in [0, 0.05) is 22.0 Å². The first-order chi connectivity index (χ1) is 9.70. The number of aliphatic hydroxyl groups is 1. The summed E-state index contributed by atoms with van der Waals surface area (Å²) in [7, 11) is 0. The number of hydrogen-bond donors (Lipinski definition) is 3. The minimum absolute atomic E-state index is 0.0874. The van der Waals surface area contributed by atoms with Gasteiger partial charge in [-0.05, 0) is 18.2 Å². The predicted octanol–water partition coefficient (Wildman–Crippen LogP) is 0.710. The molecule has 0 radical (unpaired) electrons. The van der Waals surface area contributed by atoms with Gasteiger partial charge in [-0.3, -0.25) is 9.59 Å². The minimum atomic E-state index is -0.414. The van der Waals surface area contributed by atoms with Crippen molar-refractivity contribution in [1.82, 2.24) is 10.3 Å². The summed E-state index contributed by atoms with van der Waals surface area (Å²) in [4.78, 5) is 26.6. The number of H-pyrrole nitrogens is 1. The van der Waals surface area contributed by atoms with E-state index in [0.29, 0.717) is 6.54 Å². The van der Waals surface area contributed by atoms with E-state index in [0.717, 1.165) is 10.4 Å². The molecule has 2 heterocycles. The molecule has 0 aliphatic rings. The van der Waals surface area contributed by atoms with E-state index in [1.807, 2.05) is 11.4 Å². The highest BCUT2D eigenvalue weighted by atomic mass is 32.1. The van der Waals surface area contributed by atoms with Crippen LogP contribution >= 0.6 is 11.3 Å². The van der Waals surface area contributed by atoms with Gasteiger partial charge in [-0.1, -0.05) is 11.8 Å². The standard InChI is InChI=1S/C14H12N2O3S/c17-6-2-3-10-7-11(20-9-10)8-16-14(19)12-4-1-5-15-13(12)18/h1,4-5,7,9,17H,6,8H2,(H,15,18)(H,16,19). The first-order valence-corrected chi connectivity index (χ1v) is 6.71. The lowest BCUT2D eigenvalue weighted by atomic mass is 10.2. The van der Waals surface area contributed by atoms with Crippen LogP contribution in [0.4, 0.5) is 0 Å². The Hall–Kier alpha value is -2.36. The van der Waals surface area contributed by atoms with Gasteiger partial charge in [0.25, 0.3) is 11.5 Å². The Morgan fingerprint density at radius 3 is 3.10 bits per heavy atom. The third kappa shape index (κ3) is 3.57. The minimum Gasteiger partial charge on any atom is -0.384 e. The maximum Gasteiger partial charge on any atom is 0.260 e. The molecule has 0 saturated heterocycles. The van der Waals surface area contributed by atoms with Crippen LogP contribution in [0.2, 0.25) is 0 Å². The Bertz CT molecular complexity index is 722. The monoisotopic (exact) mass is 288 g/mol. The molecule has 0 bridgehead atoms. The second-order valence-corrected chi connectivity index (χ2v) is 4.85. The van der Waals surface area contributed by atoms with E-state index in [9.17, 15) is 9.59 Å². The molecule has 0 aliphatic heterocycles. The lowest BCUT2D eigenvalue weighted by Gasteiger charge is -2.02. The number of hydrogen-bond acceptors (Lipinski definition) is 4. The summed E-state index contributed by atoms with van der Waals surface area (Å²) < 4.78 is 0. The van der Waals surface area contributed by atoms with Crippen LogP contribution in [0, 0.1) is 11.8 Å². The second kappa shape index (κ2) is 6.70. The van der Waals surface area contributed by atoms with Crippen molar-refractivity contribution in [2.45, 2.75) is 6.54 Å². The maximum atomic E-state index is 11.8. The number of aliphatic hydroxyl groups excluding tert-OH is 1. The average molecular weight is 288 g/mol. The van der Waals surface area contributed by atoms with Crippen LogP contribution in [-0.2, 0) is 6.54 Å². The van der Waals surface area contributed by atoms with Crippen molar-refractivity contribution in [3.8, 4) is 11.8 Å². The van der Waals surface area contributed by atoms with Crippen molar-refractivity contribution in [3.05, 3.63) is 56.1 Å². The molecule has 0 fully saturated rings. The molecule has 5 nitrogen and oxygen atoms in total. The number of nitrogens with one attached hydrogen (secondary N) is 2. The molecular formula is C14H12N2O3S. The van der Waals surface area contributed by atoms with Crippen LogP contribution in [0.15, 0.2) is 34.6 Å². The zero-order valence-electron chi connectivity index (χ0n) is 10.5. The van der Waals surface area contributed by atoms with Gasteiger partial charge in [0.2, 0.25) is 0 Å². The highest BCUT2D eigenvalue weighted by molar-refractivity contribution is 7.10. The molecule has 0 saturated carbocycles. The van der Waals surface area contributed by atoms with Gasteiger partial charge < -0.3 is 15.4 Å². The first-order valence-electron chi connectivity index (χ1n) is 5.84. The van der Waals surface area contributed by atoms with Gasteiger partial charge in [0.15, 0.2) is 0 Å².